The number of anilines is 1. The maximum absolute atomic E-state index is 10.9. The van der Waals surface area contributed by atoms with Crippen molar-refractivity contribution in [2.75, 3.05) is 19.0 Å². The summed E-state index contributed by atoms with van der Waals surface area (Å²) < 4.78 is 19.9. The molecular weight excluding hydrogens is 222 g/mol. The van der Waals surface area contributed by atoms with E-state index in [0.29, 0.717) is 4.90 Å². The normalized spacial score (nSPS) is 12.7. The monoisotopic (exact) mass is 235 g/mol. The van der Waals surface area contributed by atoms with Crippen molar-refractivity contribution in [3.05, 3.63) is 36.4 Å². The number of nitrogens with zero attached hydrogens (tertiary/aromatic N) is 1. The van der Waals surface area contributed by atoms with Gasteiger partial charge < -0.3 is 9.45 Å². The molecule has 0 saturated heterocycles. The number of hydrogen-bond acceptors (Lipinski definition) is 2. The van der Waals surface area contributed by atoms with Gasteiger partial charge in [0.05, 0.1) is 4.90 Å². The molecule has 2 aromatic rings. The number of benzene rings is 2. The summed E-state index contributed by atoms with van der Waals surface area (Å²) in [7, 11) is 3.97. The molecule has 1 unspecified atom stereocenters. The quantitative estimate of drug-likeness (QED) is 0.813. The predicted molar refractivity (Wildman–Crippen MR) is 67.3 cm³/mol. The molecule has 0 saturated carbocycles. The van der Waals surface area contributed by atoms with Crippen LogP contribution in [0.3, 0.4) is 0 Å². The average molecular weight is 235 g/mol. The van der Waals surface area contributed by atoms with Crippen molar-refractivity contribution in [1.82, 2.24) is 0 Å². The van der Waals surface area contributed by atoms with Gasteiger partial charge >= 0.3 is 0 Å². The summed E-state index contributed by atoms with van der Waals surface area (Å²) in [5.74, 6) is 0. The highest BCUT2D eigenvalue weighted by atomic mass is 32.2. The molecule has 0 aliphatic heterocycles. The molecule has 0 bridgehead atoms. The first-order chi connectivity index (χ1) is 7.58. The van der Waals surface area contributed by atoms with Crippen molar-refractivity contribution in [2.24, 2.45) is 0 Å². The lowest BCUT2D eigenvalue weighted by Crippen LogP contribution is -2.08. The third-order valence-corrected chi connectivity index (χ3v) is 3.17. The molecule has 2 rings (SSSR count). The second-order valence-electron chi connectivity index (χ2n) is 3.84. The van der Waals surface area contributed by atoms with Crippen molar-refractivity contribution < 1.29 is 8.76 Å². The van der Waals surface area contributed by atoms with E-state index in [1.54, 1.807) is 12.1 Å². The Kier molecular flexibility index (Phi) is 2.94. The van der Waals surface area contributed by atoms with E-state index >= 15 is 0 Å². The first-order valence-corrected chi connectivity index (χ1v) is 6.00. The van der Waals surface area contributed by atoms with Crippen molar-refractivity contribution in [1.29, 1.82) is 0 Å². The van der Waals surface area contributed by atoms with E-state index in [0.717, 1.165) is 16.5 Å². The first-order valence-electron chi connectivity index (χ1n) is 4.90. The second kappa shape index (κ2) is 4.23. The molecule has 84 valence electrons. The SMILES string of the molecule is CN(C)c1ccc2cc(S(=O)O)ccc2c1. The standard InChI is InChI=1S/C12H13NO2S/c1-13(2)11-5-3-10-8-12(16(14)15)6-4-9(10)7-11/h3-8H,1-2H3,(H,14,15). The molecule has 2 aromatic carbocycles. The molecule has 0 spiro atoms. The Labute approximate surface area is 97.0 Å². The number of fused-ring (bicyclic) bond motifs is 1. The highest BCUT2D eigenvalue weighted by Gasteiger charge is 2.02. The van der Waals surface area contributed by atoms with E-state index < -0.39 is 11.1 Å². The Morgan fingerprint density at radius 2 is 1.69 bits per heavy atom. The minimum atomic E-state index is -1.91. The van der Waals surface area contributed by atoms with Crippen LogP contribution < -0.4 is 4.90 Å². The molecule has 16 heavy (non-hydrogen) atoms. The molecule has 0 radical (unpaired) electrons. The molecule has 3 nitrogen and oxygen atoms in total. The summed E-state index contributed by atoms with van der Waals surface area (Å²) in [6, 6.07) is 11.3. The van der Waals surface area contributed by atoms with Crippen LogP contribution in [0.25, 0.3) is 10.8 Å². The first kappa shape index (κ1) is 11.1. The molecule has 0 aromatic heterocycles. The number of hydrogen-bond donors (Lipinski definition) is 1. The van der Waals surface area contributed by atoms with Gasteiger partial charge in [0.25, 0.3) is 0 Å². The zero-order chi connectivity index (χ0) is 11.7. The van der Waals surface area contributed by atoms with Gasteiger partial charge in [-0.15, -0.1) is 0 Å². The Bertz CT molecular complexity index is 552. The van der Waals surface area contributed by atoms with Gasteiger partial charge in [-0.3, -0.25) is 0 Å². The van der Waals surface area contributed by atoms with Gasteiger partial charge in [-0.2, -0.15) is 0 Å². The Hall–Kier alpha value is -1.39. The molecule has 0 aliphatic carbocycles. The summed E-state index contributed by atoms with van der Waals surface area (Å²) >= 11 is -1.91. The van der Waals surface area contributed by atoms with Crippen molar-refractivity contribution in [2.45, 2.75) is 4.90 Å². The van der Waals surface area contributed by atoms with Crippen LogP contribution in [0.1, 0.15) is 0 Å². The van der Waals surface area contributed by atoms with Gasteiger partial charge in [-0.05, 0) is 35.0 Å². The van der Waals surface area contributed by atoms with Crippen LogP contribution in [-0.4, -0.2) is 22.9 Å². The van der Waals surface area contributed by atoms with Crippen molar-refractivity contribution >= 4 is 27.5 Å². The van der Waals surface area contributed by atoms with E-state index in [1.807, 2.05) is 37.2 Å². The average Bonchev–Trinajstić information content (AvgIpc) is 2.27. The van der Waals surface area contributed by atoms with Crippen LogP contribution >= 0.6 is 0 Å². The molecule has 1 atom stereocenters. The van der Waals surface area contributed by atoms with Crippen LogP contribution in [0.4, 0.5) is 5.69 Å². The lowest BCUT2D eigenvalue weighted by molar-refractivity contribution is 0.564. The van der Waals surface area contributed by atoms with Crippen molar-refractivity contribution in [3.8, 4) is 0 Å². The summed E-state index contributed by atoms with van der Waals surface area (Å²) in [6.45, 7) is 0. The minimum Gasteiger partial charge on any atom is -0.378 e. The fourth-order valence-corrected chi connectivity index (χ4v) is 2.01. The van der Waals surface area contributed by atoms with Crippen LogP contribution in [0.15, 0.2) is 41.3 Å². The molecule has 0 amide bonds. The van der Waals surface area contributed by atoms with Crippen LogP contribution in [0.5, 0.6) is 0 Å². The van der Waals surface area contributed by atoms with E-state index in [-0.39, 0.29) is 0 Å². The summed E-state index contributed by atoms with van der Waals surface area (Å²) in [6.07, 6.45) is 0. The third kappa shape index (κ3) is 2.08. The Morgan fingerprint density at radius 1 is 1.06 bits per heavy atom. The van der Waals surface area contributed by atoms with Gasteiger partial charge in [0.1, 0.15) is 0 Å². The van der Waals surface area contributed by atoms with E-state index in [9.17, 15) is 4.21 Å². The highest BCUT2D eigenvalue weighted by Crippen LogP contribution is 2.22. The molecule has 4 heteroatoms. The molecule has 0 fully saturated rings. The van der Waals surface area contributed by atoms with Crippen molar-refractivity contribution in [3.63, 3.8) is 0 Å². The van der Waals surface area contributed by atoms with Crippen LogP contribution in [0, 0.1) is 0 Å². The zero-order valence-corrected chi connectivity index (χ0v) is 9.99. The van der Waals surface area contributed by atoms with Gasteiger partial charge in [0, 0.05) is 19.8 Å². The Morgan fingerprint density at radius 3 is 2.31 bits per heavy atom. The second-order valence-corrected chi connectivity index (χ2v) is 4.81. The van der Waals surface area contributed by atoms with Gasteiger partial charge in [-0.25, -0.2) is 4.21 Å². The summed E-state index contributed by atoms with van der Waals surface area (Å²) in [5, 5.41) is 2.05. The predicted octanol–water partition coefficient (Wildman–Crippen LogP) is 2.49. The zero-order valence-electron chi connectivity index (χ0n) is 9.18. The lowest BCUT2D eigenvalue weighted by atomic mass is 10.1. The molecule has 0 aliphatic rings. The van der Waals surface area contributed by atoms with Crippen LogP contribution in [0.2, 0.25) is 0 Å². The largest absolute Gasteiger partial charge is 0.378 e. The van der Waals surface area contributed by atoms with Gasteiger partial charge in [0.2, 0.25) is 0 Å². The molecule has 0 heterocycles. The third-order valence-electron chi connectivity index (χ3n) is 2.51. The van der Waals surface area contributed by atoms with Crippen LogP contribution in [-0.2, 0) is 11.1 Å². The highest BCUT2D eigenvalue weighted by molar-refractivity contribution is 7.79. The van der Waals surface area contributed by atoms with E-state index in [4.69, 9.17) is 4.55 Å². The summed E-state index contributed by atoms with van der Waals surface area (Å²) in [4.78, 5) is 2.46. The van der Waals surface area contributed by atoms with Gasteiger partial charge in [-0.1, -0.05) is 12.1 Å². The number of rotatable bonds is 2. The smallest absolute Gasteiger partial charge is 0.186 e. The maximum Gasteiger partial charge on any atom is 0.186 e. The molecule has 1 N–H and O–H groups in total. The maximum atomic E-state index is 10.9. The fourth-order valence-electron chi connectivity index (χ4n) is 1.60. The Balaban J connectivity index is 2.57. The lowest BCUT2D eigenvalue weighted by Gasteiger charge is -2.13. The van der Waals surface area contributed by atoms with Gasteiger partial charge in [0.15, 0.2) is 11.1 Å². The summed E-state index contributed by atoms with van der Waals surface area (Å²) in [5.41, 5.74) is 1.12. The minimum absolute atomic E-state index is 0.435. The fraction of sp³-hybridized carbons (Fsp3) is 0.167. The van der Waals surface area contributed by atoms with E-state index in [1.165, 1.54) is 0 Å². The molecular formula is C12H13NO2S. The van der Waals surface area contributed by atoms with E-state index in [2.05, 4.69) is 6.07 Å². The topological polar surface area (TPSA) is 40.5 Å².